The van der Waals surface area contributed by atoms with E-state index < -0.39 is 7.21 Å². The molecule has 3 heteroatoms. The monoisotopic (exact) mass is 356 g/mol. The van der Waals surface area contributed by atoms with Crippen LogP contribution in [0.5, 0.6) is 0 Å². The molecule has 1 heterocycles. The van der Waals surface area contributed by atoms with Crippen LogP contribution in [-0.4, -0.2) is 26.7 Å². The summed E-state index contributed by atoms with van der Waals surface area (Å²) in [5.41, 5.74) is 0.575. The number of rotatable bonds is 6. The van der Waals surface area contributed by atoms with Gasteiger partial charge in [0.05, 0.1) is 18.5 Å². The fourth-order valence-electron chi connectivity index (χ4n) is 4.37. The van der Waals surface area contributed by atoms with Crippen LogP contribution in [0.4, 0.5) is 0 Å². The zero-order valence-corrected chi connectivity index (χ0v) is 19.6. The van der Waals surface area contributed by atoms with Gasteiger partial charge in [-0.15, -0.1) is 0 Å². The summed E-state index contributed by atoms with van der Waals surface area (Å²) in [6.45, 7) is 28.7. The molecule has 1 aliphatic heterocycles. The molecule has 3 atom stereocenters. The van der Waals surface area contributed by atoms with Crippen molar-refractivity contribution in [2.75, 3.05) is 0 Å². The lowest BCUT2D eigenvalue weighted by Crippen LogP contribution is -2.33. The third kappa shape index (κ3) is 3.52. The summed E-state index contributed by atoms with van der Waals surface area (Å²) in [4.78, 5) is 0. The Morgan fingerprint density at radius 2 is 1.17 bits per heavy atom. The molecule has 0 spiro atoms. The normalized spacial score (nSPS) is 28.8. The molecule has 0 radical (unpaired) electrons. The van der Waals surface area contributed by atoms with Gasteiger partial charge in [0.25, 0.3) is 0 Å². The molecule has 1 fully saturated rings. The fourth-order valence-corrected chi connectivity index (χ4v) is 11.3. The Hall–Kier alpha value is 0.190. The van der Waals surface area contributed by atoms with Crippen LogP contribution < -0.4 is 0 Å². The zero-order valence-electron chi connectivity index (χ0n) is 18.7. The molecular formula is C21H45N2P. The highest BCUT2D eigenvalue weighted by Gasteiger charge is 2.71. The second-order valence-electron chi connectivity index (χ2n) is 10.4. The molecule has 0 N–H and O–H groups in total. The maximum Gasteiger partial charge on any atom is 0.0686 e. The maximum atomic E-state index is 5.69. The molecule has 1 saturated heterocycles. The molecule has 2 nitrogen and oxygen atoms in total. The Labute approximate surface area is 153 Å². The van der Waals surface area contributed by atoms with E-state index in [0.29, 0.717) is 16.4 Å². The minimum absolute atomic E-state index is 0.0278. The van der Waals surface area contributed by atoms with Crippen molar-refractivity contribution in [3.63, 3.8) is 0 Å². The van der Waals surface area contributed by atoms with E-state index in [2.05, 4.69) is 87.8 Å². The van der Waals surface area contributed by atoms with Crippen molar-refractivity contribution in [1.29, 1.82) is 0 Å². The third-order valence-corrected chi connectivity index (χ3v) is 12.5. The van der Waals surface area contributed by atoms with Crippen LogP contribution in [0.2, 0.25) is 0 Å². The quantitative estimate of drug-likeness (QED) is 0.351. The first-order valence-electron chi connectivity index (χ1n) is 10.1. The number of hydrogen-bond donors (Lipinski definition) is 0. The minimum atomic E-state index is -1.57. The average molecular weight is 357 g/mol. The van der Waals surface area contributed by atoms with E-state index >= 15 is 0 Å². The summed E-state index contributed by atoms with van der Waals surface area (Å²) in [6.07, 6.45) is 4.93. The lowest BCUT2D eigenvalue weighted by molar-refractivity contribution is 0.193. The lowest BCUT2D eigenvalue weighted by atomic mass is 9.84. The molecule has 0 bridgehead atoms. The van der Waals surface area contributed by atoms with Crippen LogP contribution in [-0.2, 0) is 0 Å². The summed E-state index contributed by atoms with van der Waals surface area (Å²) in [5.74, 6) is 0.643. The van der Waals surface area contributed by atoms with Gasteiger partial charge in [-0.25, -0.2) is 0 Å². The van der Waals surface area contributed by atoms with E-state index in [9.17, 15) is 0 Å². The zero-order chi connectivity index (χ0) is 19.2. The van der Waals surface area contributed by atoms with Crippen LogP contribution in [0, 0.1) is 5.41 Å². The largest absolute Gasteiger partial charge is 0.280 e. The van der Waals surface area contributed by atoms with Crippen LogP contribution in [0.25, 0.3) is 0 Å². The fraction of sp³-hybridized carbons (Fsp3) is 1.00. The average Bonchev–Trinajstić information content (AvgIpc) is 3.14. The molecule has 24 heavy (non-hydrogen) atoms. The van der Waals surface area contributed by atoms with Gasteiger partial charge >= 0.3 is 0 Å². The van der Waals surface area contributed by atoms with Gasteiger partial charge in [-0.1, -0.05) is 41.5 Å². The molecular weight excluding hydrogens is 311 g/mol. The first kappa shape index (κ1) is 22.2. The molecule has 1 aliphatic rings. The van der Waals surface area contributed by atoms with Gasteiger partial charge in [-0.05, 0) is 72.6 Å². The molecule has 0 aromatic heterocycles. The topological polar surface area (TPSA) is 15.4 Å². The smallest absolute Gasteiger partial charge is 0.0686 e. The van der Waals surface area contributed by atoms with Crippen molar-refractivity contribution >= 4 is 7.21 Å². The minimum Gasteiger partial charge on any atom is -0.280 e. The molecule has 144 valence electrons. The predicted octanol–water partition coefficient (Wildman–Crippen LogP) is 7.75. The highest BCUT2D eigenvalue weighted by molar-refractivity contribution is 7.72. The van der Waals surface area contributed by atoms with Gasteiger partial charge in [0.2, 0.25) is 0 Å². The second-order valence-corrected chi connectivity index (χ2v) is 13.9. The van der Waals surface area contributed by atoms with Crippen LogP contribution in [0.15, 0.2) is 4.74 Å². The van der Waals surface area contributed by atoms with Crippen LogP contribution >= 0.6 is 7.21 Å². The molecule has 0 amide bonds. The lowest BCUT2D eigenvalue weighted by Gasteiger charge is -2.37. The van der Waals surface area contributed by atoms with Gasteiger partial charge in [-0.2, -0.15) is 0 Å². The highest BCUT2D eigenvalue weighted by atomic mass is 31.2. The molecule has 0 saturated carbocycles. The van der Waals surface area contributed by atoms with Crippen LogP contribution in [0.1, 0.15) is 109 Å². The molecule has 0 aromatic rings. The van der Waals surface area contributed by atoms with E-state index in [0.717, 1.165) is 0 Å². The van der Waals surface area contributed by atoms with E-state index in [4.69, 9.17) is 4.74 Å². The predicted molar refractivity (Wildman–Crippen MR) is 112 cm³/mol. The maximum absolute atomic E-state index is 5.69. The van der Waals surface area contributed by atoms with Crippen molar-refractivity contribution in [1.82, 2.24) is 4.67 Å². The molecule has 1 rings (SSSR count). The van der Waals surface area contributed by atoms with Gasteiger partial charge in [0, 0.05) is 10.7 Å². The molecule has 0 aromatic carbocycles. The van der Waals surface area contributed by atoms with E-state index in [1.807, 2.05) is 0 Å². The van der Waals surface area contributed by atoms with Crippen molar-refractivity contribution in [3.8, 4) is 0 Å². The Morgan fingerprint density at radius 3 is 1.42 bits per heavy atom. The van der Waals surface area contributed by atoms with Crippen LogP contribution in [0.3, 0.4) is 0 Å². The summed E-state index contributed by atoms with van der Waals surface area (Å²) < 4.78 is 8.57. The van der Waals surface area contributed by atoms with Gasteiger partial charge in [-0.3, -0.25) is 9.42 Å². The SMILES string of the molecule is CCC(C)(CC)C1N(C(C)(C)C)P1(=NC(C)(C)C)C(C)(CC)CC. The molecule has 0 aliphatic carbocycles. The van der Waals surface area contributed by atoms with Gasteiger partial charge in [0.1, 0.15) is 0 Å². The van der Waals surface area contributed by atoms with Gasteiger partial charge < -0.3 is 0 Å². The number of nitrogens with zero attached hydrogens (tertiary/aromatic N) is 2. The van der Waals surface area contributed by atoms with E-state index in [1.165, 1.54) is 25.7 Å². The first-order valence-corrected chi connectivity index (χ1v) is 11.9. The summed E-state index contributed by atoms with van der Waals surface area (Å²) in [5, 5.41) is 0.323. The Morgan fingerprint density at radius 1 is 0.750 bits per heavy atom. The molecule has 3 unspecified atom stereocenters. The van der Waals surface area contributed by atoms with Crippen molar-refractivity contribution < 1.29 is 0 Å². The van der Waals surface area contributed by atoms with Crippen molar-refractivity contribution in [2.45, 2.75) is 131 Å². The Bertz CT molecular complexity index is 485. The highest BCUT2D eigenvalue weighted by Crippen LogP contribution is 2.89. The number of hydrogen-bond acceptors (Lipinski definition) is 1. The van der Waals surface area contributed by atoms with E-state index in [-0.39, 0.29) is 11.1 Å². The standard InChI is InChI=1S/C21H45N2P/c1-13-20(11,14-2)17-23(19(8,9)10)24(17,22-18(5,6)7)21(12,15-3)16-4/h17H,13-16H2,1-12H3. The van der Waals surface area contributed by atoms with Crippen molar-refractivity contribution in [3.05, 3.63) is 0 Å². The Balaban J connectivity index is 3.77. The second kappa shape index (κ2) is 6.73. The van der Waals surface area contributed by atoms with E-state index in [1.54, 1.807) is 0 Å². The summed E-state index contributed by atoms with van der Waals surface area (Å²) in [6, 6.07) is 0. The van der Waals surface area contributed by atoms with Crippen molar-refractivity contribution in [2.24, 2.45) is 10.2 Å². The summed E-state index contributed by atoms with van der Waals surface area (Å²) in [7, 11) is -1.57. The van der Waals surface area contributed by atoms with Gasteiger partial charge in [0.15, 0.2) is 0 Å². The Kier molecular flexibility index (Phi) is 6.23. The third-order valence-electron chi connectivity index (χ3n) is 6.54. The summed E-state index contributed by atoms with van der Waals surface area (Å²) >= 11 is 0. The first-order chi connectivity index (χ1) is 10.7.